The number of carbonyl (C=O) groups is 2. The van der Waals surface area contributed by atoms with Crippen molar-refractivity contribution in [3.05, 3.63) is 67.3 Å². The fraction of sp³-hybridized carbons (Fsp3) is 0.417. The van der Waals surface area contributed by atoms with E-state index < -0.39 is 0 Å². The van der Waals surface area contributed by atoms with Crippen molar-refractivity contribution < 1.29 is 19.1 Å². The number of hydrogen-bond donors (Lipinski definition) is 0. The molecule has 4 nitrogen and oxygen atoms in total. The number of hydrogen-bond acceptors (Lipinski definition) is 4. The maximum atomic E-state index is 10.9. The Morgan fingerprint density at radius 2 is 1.71 bits per heavy atom. The quantitative estimate of drug-likeness (QED) is 0.290. The molecule has 0 saturated carbocycles. The summed E-state index contributed by atoms with van der Waals surface area (Å²) in [5.41, 5.74) is 1.61. The molecule has 1 rings (SSSR count). The second kappa shape index (κ2) is 19.2. The van der Waals surface area contributed by atoms with Crippen molar-refractivity contribution in [3.63, 3.8) is 0 Å². The number of unbranched alkanes of at least 4 members (excludes halogenated alkanes) is 2. The van der Waals surface area contributed by atoms with Crippen LogP contribution in [0.5, 0.6) is 0 Å². The molecule has 0 saturated heterocycles. The van der Waals surface area contributed by atoms with Gasteiger partial charge in [-0.05, 0) is 31.7 Å². The lowest BCUT2D eigenvalue weighted by atomic mass is 10.1. The minimum atomic E-state index is -0.347. The Balaban J connectivity index is 0. The number of esters is 2. The van der Waals surface area contributed by atoms with Gasteiger partial charge in [-0.15, -0.1) is 0 Å². The Bertz CT molecular complexity index is 576. The largest absolute Gasteiger partial charge is 0.466 e. The van der Waals surface area contributed by atoms with Gasteiger partial charge in [-0.2, -0.15) is 0 Å². The first kappa shape index (κ1) is 27.6. The molecule has 0 aliphatic heterocycles. The number of carbonyl (C=O) groups excluding carboxylic acids is 2. The lowest BCUT2D eigenvalue weighted by Crippen LogP contribution is -2.15. The molecule has 0 aromatic heterocycles. The van der Waals surface area contributed by atoms with Crippen LogP contribution in [0.2, 0.25) is 0 Å². The van der Waals surface area contributed by atoms with Crippen molar-refractivity contribution in [1.82, 2.24) is 0 Å². The van der Waals surface area contributed by atoms with Crippen molar-refractivity contribution in [3.8, 4) is 0 Å². The van der Waals surface area contributed by atoms with Crippen molar-refractivity contribution in [2.75, 3.05) is 7.11 Å². The van der Waals surface area contributed by atoms with Gasteiger partial charge in [0.2, 0.25) is 0 Å². The van der Waals surface area contributed by atoms with E-state index in [2.05, 4.69) is 31.4 Å². The van der Waals surface area contributed by atoms with Gasteiger partial charge >= 0.3 is 11.9 Å². The van der Waals surface area contributed by atoms with Crippen LogP contribution in [0.25, 0.3) is 6.08 Å². The van der Waals surface area contributed by atoms with Gasteiger partial charge < -0.3 is 9.47 Å². The van der Waals surface area contributed by atoms with Crippen molar-refractivity contribution in [2.24, 2.45) is 0 Å². The van der Waals surface area contributed by atoms with E-state index in [1.54, 1.807) is 6.92 Å². The molecule has 0 aliphatic rings. The molecule has 1 atom stereocenters. The highest BCUT2D eigenvalue weighted by Gasteiger charge is 2.09. The molecule has 0 radical (unpaired) electrons. The molecule has 0 aliphatic carbocycles. The highest BCUT2D eigenvalue weighted by atomic mass is 16.5. The zero-order valence-electron chi connectivity index (χ0n) is 17.9. The Kier molecular flexibility index (Phi) is 18.9. The normalized spacial score (nSPS) is 10.0. The van der Waals surface area contributed by atoms with Gasteiger partial charge in [-0.25, -0.2) is 9.59 Å². The maximum absolute atomic E-state index is 10.9. The van der Waals surface area contributed by atoms with Gasteiger partial charge in [-0.3, -0.25) is 0 Å². The molecule has 0 amide bonds. The third kappa shape index (κ3) is 16.8. The van der Waals surface area contributed by atoms with E-state index in [9.17, 15) is 9.59 Å². The average Bonchev–Trinajstić information content (AvgIpc) is 2.73. The molecule has 0 N–H and O–H groups in total. The molecule has 0 spiro atoms. The van der Waals surface area contributed by atoms with Crippen LogP contribution in [0.1, 0.15) is 58.4 Å². The van der Waals surface area contributed by atoms with Crippen LogP contribution in [0, 0.1) is 0 Å². The van der Waals surface area contributed by atoms with E-state index in [0.29, 0.717) is 5.57 Å². The minimum absolute atomic E-state index is 0.0806. The third-order valence-electron chi connectivity index (χ3n) is 3.60. The molecular weight excluding hydrogens is 352 g/mol. The van der Waals surface area contributed by atoms with Crippen molar-refractivity contribution in [1.29, 1.82) is 0 Å². The lowest BCUT2D eigenvalue weighted by molar-refractivity contribution is -0.143. The molecular formula is C24H36O4. The molecule has 4 heteroatoms. The van der Waals surface area contributed by atoms with Crippen LogP contribution in [0.4, 0.5) is 0 Å². The van der Waals surface area contributed by atoms with Crippen LogP contribution in [-0.4, -0.2) is 25.2 Å². The fourth-order valence-corrected chi connectivity index (χ4v) is 1.94. The van der Waals surface area contributed by atoms with E-state index in [1.165, 1.54) is 31.6 Å². The van der Waals surface area contributed by atoms with E-state index in [1.807, 2.05) is 43.3 Å². The van der Waals surface area contributed by atoms with Gasteiger partial charge in [0, 0.05) is 11.6 Å². The van der Waals surface area contributed by atoms with E-state index in [0.717, 1.165) is 19.3 Å². The number of rotatable bonds is 9. The zero-order chi connectivity index (χ0) is 21.8. The summed E-state index contributed by atoms with van der Waals surface area (Å²) in [5.74, 6) is -0.650. The summed E-state index contributed by atoms with van der Waals surface area (Å²) in [6.07, 6.45) is 8.56. The van der Waals surface area contributed by atoms with E-state index in [-0.39, 0.29) is 18.0 Å². The second-order valence-corrected chi connectivity index (χ2v) is 6.05. The van der Waals surface area contributed by atoms with Gasteiger partial charge in [0.05, 0.1) is 7.11 Å². The summed E-state index contributed by atoms with van der Waals surface area (Å²) in [6, 6.07) is 10.0. The SMILES string of the molecule is C=C(C)C(=O)OC.C=CC(=O)OC(CC)CCCCC.C=Cc1ccccc1. The summed E-state index contributed by atoms with van der Waals surface area (Å²) >= 11 is 0. The maximum Gasteiger partial charge on any atom is 0.332 e. The van der Waals surface area contributed by atoms with Crippen molar-refractivity contribution in [2.45, 2.75) is 59.0 Å². The average molecular weight is 389 g/mol. The summed E-state index contributed by atoms with van der Waals surface area (Å²) in [7, 11) is 1.33. The van der Waals surface area contributed by atoms with Crippen LogP contribution in [-0.2, 0) is 19.1 Å². The topological polar surface area (TPSA) is 52.6 Å². The summed E-state index contributed by atoms with van der Waals surface area (Å²) in [5, 5.41) is 0. The highest BCUT2D eigenvalue weighted by molar-refractivity contribution is 5.86. The molecule has 28 heavy (non-hydrogen) atoms. The number of methoxy groups -OCH3 is 1. The van der Waals surface area contributed by atoms with Crippen LogP contribution >= 0.6 is 0 Å². The smallest absolute Gasteiger partial charge is 0.332 e. The van der Waals surface area contributed by atoms with Crippen LogP contribution in [0.3, 0.4) is 0 Å². The van der Waals surface area contributed by atoms with Gasteiger partial charge in [0.1, 0.15) is 6.10 Å². The highest BCUT2D eigenvalue weighted by Crippen LogP contribution is 2.10. The summed E-state index contributed by atoms with van der Waals surface area (Å²) in [4.78, 5) is 21.1. The summed E-state index contributed by atoms with van der Waals surface area (Å²) in [6.45, 7) is 16.2. The van der Waals surface area contributed by atoms with Gasteiger partial charge in [0.25, 0.3) is 0 Å². The van der Waals surface area contributed by atoms with Gasteiger partial charge in [-0.1, -0.05) is 82.8 Å². The molecule has 1 aromatic rings. The fourth-order valence-electron chi connectivity index (χ4n) is 1.94. The predicted octanol–water partition coefficient (Wildman–Crippen LogP) is 6.14. The van der Waals surface area contributed by atoms with E-state index >= 15 is 0 Å². The van der Waals surface area contributed by atoms with Gasteiger partial charge in [0.15, 0.2) is 0 Å². The molecule has 0 heterocycles. The molecule has 1 aromatic carbocycles. The number of ether oxygens (including phenoxy) is 2. The Hall–Kier alpha value is -2.62. The minimum Gasteiger partial charge on any atom is -0.466 e. The van der Waals surface area contributed by atoms with Crippen LogP contribution < -0.4 is 0 Å². The molecule has 0 fully saturated rings. The Morgan fingerprint density at radius 1 is 1.11 bits per heavy atom. The standard InChI is InChI=1S/C11H20O2.C8H8.C5H8O2/c1-4-7-8-9-10(5-2)13-11(12)6-3;1-2-8-6-4-3-5-7-8;1-4(2)5(6)7-3/h6,10H,3-5,7-9H2,1-2H3;2-7H,1H2;1H2,2-3H3. The Morgan fingerprint density at radius 3 is 2.04 bits per heavy atom. The van der Waals surface area contributed by atoms with E-state index in [4.69, 9.17) is 4.74 Å². The first-order chi connectivity index (χ1) is 13.4. The third-order valence-corrected chi connectivity index (χ3v) is 3.60. The number of benzene rings is 1. The molecule has 1 unspecified atom stereocenters. The Labute approximate surface area is 170 Å². The lowest BCUT2D eigenvalue weighted by Gasteiger charge is -2.14. The zero-order valence-corrected chi connectivity index (χ0v) is 17.9. The summed E-state index contributed by atoms with van der Waals surface area (Å²) < 4.78 is 9.41. The molecule has 156 valence electrons. The predicted molar refractivity (Wildman–Crippen MR) is 118 cm³/mol. The van der Waals surface area contributed by atoms with Crippen LogP contribution in [0.15, 0.2) is 61.7 Å². The second-order valence-electron chi connectivity index (χ2n) is 6.05. The molecule has 0 bridgehead atoms. The first-order valence-corrected chi connectivity index (χ1v) is 9.60. The van der Waals surface area contributed by atoms with Crippen molar-refractivity contribution >= 4 is 18.0 Å². The monoisotopic (exact) mass is 388 g/mol. The first-order valence-electron chi connectivity index (χ1n) is 9.60.